The molecular formula is C16H23F2NO2. The van der Waals surface area contributed by atoms with Gasteiger partial charge in [-0.15, -0.1) is 0 Å². The Hall–Kier alpha value is -1.65. The SMILES string of the molecule is CCC(C)CC(CC)Nc1cc(C(=O)OC)c(F)cc1F. The largest absolute Gasteiger partial charge is 0.465 e. The van der Waals surface area contributed by atoms with Crippen LogP contribution in [-0.2, 0) is 4.74 Å². The fraction of sp³-hybridized carbons (Fsp3) is 0.562. The Bertz CT molecular complexity index is 491. The number of anilines is 1. The Morgan fingerprint density at radius 3 is 2.43 bits per heavy atom. The number of nitrogens with one attached hydrogen (secondary N) is 1. The highest BCUT2D eigenvalue weighted by molar-refractivity contribution is 5.90. The molecule has 0 bridgehead atoms. The highest BCUT2D eigenvalue weighted by Crippen LogP contribution is 2.23. The molecule has 0 aliphatic rings. The Kier molecular flexibility index (Phi) is 6.59. The van der Waals surface area contributed by atoms with E-state index < -0.39 is 17.6 Å². The third kappa shape index (κ3) is 4.69. The molecule has 2 unspecified atom stereocenters. The maximum Gasteiger partial charge on any atom is 0.340 e. The van der Waals surface area contributed by atoms with Gasteiger partial charge in [0.05, 0.1) is 18.4 Å². The van der Waals surface area contributed by atoms with Crippen LogP contribution in [0.1, 0.15) is 50.4 Å². The molecule has 1 rings (SSSR count). The zero-order valence-electron chi connectivity index (χ0n) is 13.0. The second-order valence-corrected chi connectivity index (χ2v) is 5.30. The maximum absolute atomic E-state index is 13.9. The summed E-state index contributed by atoms with van der Waals surface area (Å²) >= 11 is 0. The molecular weight excluding hydrogens is 276 g/mol. The van der Waals surface area contributed by atoms with Crippen molar-refractivity contribution in [2.45, 2.75) is 46.1 Å². The summed E-state index contributed by atoms with van der Waals surface area (Å²) in [5, 5.41) is 3.06. The molecule has 1 aromatic rings. The number of carbonyl (C=O) groups excluding carboxylic acids is 1. The lowest BCUT2D eigenvalue weighted by molar-refractivity contribution is 0.0595. The number of rotatable bonds is 7. The standard InChI is InChI=1S/C16H23F2NO2/c1-5-10(3)7-11(6-2)19-15-8-12(16(20)21-4)13(17)9-14(15)18/h8-11,19H,5-7H2,1-4H3. The molecule has 0 spiro atoms. The van der Waals surface area contributed by atoms with Crippen molar-refractivity contribution in [3.63, 3.8) is 0 Å². The highest BCUT2D eigenvalue weighted by Gasteiger charge is 2.18. The third-order valence-corrected chi connectivity index (χ3v) is 3.70. The molecule has 3 nitrogen and oxygen atoms in total. The topological polar surface area (TPSA) is 38.3 Å². The van der Waals surface area contributed by atoms with Gasteiger partial charge in [-0.1, -0.05) is 27.2 Å². The molecule has 0 saturated heterocycles. The summed E-state index contributed by atoms with van der Waals surface area (Å²) < 4.78 is 31.9. The number of carbonyl (C=O) groups is 1. The zero-order valence-corrected chi connectivity index (χ0v) is 13.0. The van der Waals surface area contributed by atoms with E-state index in [-0.39, 0.29) is 17.3 Å². The Morgan fingerprint density at radius 1 is 1.24 bits per heavy atom. The lowest BCUT2D eigenvalue weighted by Crippen LogP contribution is -2.22. The van der Waals surface area contributed by atoms with Crippen LogP contribution < -0.4 is 5.32 Å². The van der Waals surface area contributed by atoms with Gasteiger partial charge in [-0.3, -0.25) is 0 Å². The first kappa shape index (κ1) is 17.4. The first-order valence-corrected chi connectivity index (χ1v) is 7.26. The van der Waals surface area contributed by atoms with Gasteiger partial charge in [0.1, 0.15) is 11.6 Å². The van der Waals surface area contributed by atoms with Gasteiger partial charge >= 0.3 is 5.97 Å². The fourth-order valence-corrected chi connectivity index (χ4v) is 2.13. The van der Waals surface area contributed by atoms with Crippen LogP contribution in [0.15, 0.2) is 12.1 Å². The van der Waals surface area contributed by atoms with Gasteiger partial charge in [-0.05, 0) is 24.8 Å². The normalized spacial score (nSPS) is 13.6. The van der Waals surface area contributed by atoms with Crippen molar-refractivity contribution >= 4 is 11.7 Å². The first-order valence-electron chi connectivity index (χ1n) is 7.26. The van der Waals surface area contributed by atoms with Gasteiger partial charge < -0.3 is 10.1 Å². The molecule has 0 aliphatic carbocycles. The highest BCUT2D eigenvalue weighted by atomic mass is 19.1. The van der Waals surface area contributed by atoms with Gasteiger partial charge in [-0.25, -0.2) is 13.6 Å². The summed E-state index contributed by atoms with van der Waals surface area (Å²) in [6, 6.07) is 1.96. The Morgan fingerprint density at radius 2 is 1.90 bits per heavy atom. The molecule has 0 radical (unpaired) electrons. The molecule has 5 heteroatoms. The Labute approximate surface area is 124 Å². The van der Waals surface area contributed by atoms with Crippen molar-refractivity contribution in [3.8, 4) is 0 Å². The minimum atomic E-state index is -0.917. The average molecular weight is 299 g/mol. The summed E-state index contributed by atoms with van der Waals surface area (Å²) in [6.07, 6.45) is 2.74. The van der Waals surface area contributed by atoms with E-state index in [0.29, 0.717) is 12.0 Å². The van der Waals surface area contributed by atoms with Crippen LogP contribution in [-0.4, -0.2) is 19.1 Å². The molecule has 0 aromatic heterocycles. The van der Waals surface area contributed by atoms with Crippen molar-refractivity contribution in [3.05, 3.63) is 29.3 Å². The summed E-state index contributed by atoms with van der Waals surface area (Å²) in [5.74, 6) is -1.93. The Balaban J connectivity index is 2.98. The molecule has 2 atom stereocenters. The number of ether oxygens (including phenoxy) is 1. The average Bonchev–Trinajstić information content (AvgIpc) is 2.47. The summed E-state index contributed by atoms with van der Waals surface area (Å²) in [5.41, 5.74) is -0.133. The van der Waals surface area contributed by atoms with Crippen molar-refractivity contribution < 1.29 is 18.3 Å². The number of benzene rings is 1. The van der Waals surface area contributed by atoms with Gasteiger partial charge in [0.15, 0.2) is 0 Å². The molecule has 1 aromatic carbocycles. The lowest BCUT2D eigenvalue weighted by Gasteiger charge is -2.22. The first-order chi connectivity index (χ1) is 9.92. The van der Waals surface area contributed by atoms with Crippen LogP contribution in [0.2, 0.25) is 0 Å². The molecule has 0 amide bonds. The monoisotopic (exact) mass is 299 g/mol. The second kappa shape index (κ2) is 7.96. The van der Waals surface area contributed by atoms with E-state index >= 15 is 0 Å². The minimum absolute atomic E-state index is 0.0745. The summed E-state index contributed by atoms with van der Waals surface area (Å²) in [4.78, 5) is 11.5. The summed E-state index contributed by atoms with van der Waals surface area (Å²) in [7, 11) is 1.16. The number of halogens is 2. The quantitative estimate of drug-likeness (QED) is 0.759. The van der Waals surface area contributed by atoms with E-state index in [4.69, 9.17) is 0 Å². The van der Waals surface area contributed by atoms with Gasteiger partial charge in [0.25, 0.3) is 0 Å². The minimum Gasteiger partial charge on any atom is -0.465 e. The van der Waals surface area contributed by atoms with Gasteiger partial charge in [-0.2, -0.15) is 0 Å². The molecule has 21 heavy (non-hydrogen) atoms. The maximum atomic E-state index is 13.9. The summed E-state index contributed by atoms with van der Waals surface area (Å²) in [6.45, 7) is 6.24. The van der Waals surface area contributed by atoms with Crippen LogP contribution >= 0.6 is 0 Å². The van der Waals surface area contributed by atoms with E-state index in [9.17, 15) is 13.6 Å². The predicted molar refractivity (Wildman–Crippen MR) is 79.5 cm³/mol. The fourth-order valence-electron chi connectivity index (χ4n) is 2.13. The molecule has 1 N–H and O–H groups in total. The number of methoxy groups -OCH3 is 1. The van der Waals surface area contributed by atoms with Crippen molar-refractivity contribution in [1.29, 1.82) is 0 Å². The number of esters is 1. The molecule has 0 heterocycles. The van der Waals surface area contributed by atoms with Crippen LogP contribution in [0.3, 0.4) is 0 Å². The number of hydrogen-bond donors (Lipinski definition) is 1. The van der Waals surface area contributed by atoms with Crippen molar-refractivity contribution in [1.82, 2.24) is 0 Å². The van der Waals surface area contributed by atoms with Gasteiger partial charge in [0.2, 0.25) is 0 Å². The molecule has 0 fully saturated rings. The second-order valence-electron chi connectivity index (χ2n) is 5.30. The zero-order chi connectivity index (χ0) is 16.0. The van der Waals surface area contributed by atoms with Crippen LogP contribution in [0.5, 0.6) is 0 Å². The predicted octanol–water partition coefficient (Wildman–Crippen LogP) is 4.38. The van der Waals surface area contributed by atoms with Gasteiger partial charge in [0, 0.05) is 12.1 Å². The van der Waals surface area contributed by atoms with Crippen molar-refractivity contribution in [2.24, 2.45) is 5.92 Å². The van der Waals surface area contributed by atoms with E-state index in [0.717, 1.165) is 26.4 Å². The van der Waals surface area contributed by atoms with Crippen LogP contribution in [0.4, 0.5) is 14.5 Å². The van der Waals surface area contributed by atoms with Crippen molar-refractivity contribution in [2.75, 3.05) is 12.4 Å². The van der Waals surface area contributed by atoms with Crippen LogP contribution in [0.25, 0.3) is 0 Å². The molecule has 118 valence electrons. The van der Waals surface area contributed by atoms with E-state index in [1.807, 2.05) is 6.92 Å². The molecule has 0 aliphatic heterocycles. The third-order valence-electron chi connectivity index (χ3n) is 3.70. The lowest BCUT2D eigenvalue weighted by atomic mass is 9.97. The molecule has 0 saturated carbocycles. The van der Waals surface area contributed by atoms with Crippen LogP contribution in [0, 0.1) is 17.6 Å². The smallest absolute Gasteiger partial charge is 0.340 e. The van der Waals surface area contributed by atoms with E-state index in [1.165, 1.54) is 6.07 Å². The number of hydrogen-bond acceptors (Lipinski definition) is 3. The van der Waals surface area contributed by atoms with E-state index in [1.54, 1.807) is 0 Å². The van der Waals surface area contributed by atoms with E-state index in [2.05, 4.69) is 23.9 Å².